The van der Waals surface area contributed by atoms with E-state index < -0.39 is 6.10 Å². The molecule has 0 bridgehead atoms. The Balaban J connectivity index is 1.29. The number of anilines is 1. The van der Waals surface area contributed by atoms with Gasteiger partial charge in [0.15, 0.2) is 5.75 Å². The zero-order chi connectivity index (χ0) is 21.5. The summed E-state index contributed by atoms with van der Waals surface area (Å²) in [6.45, 7) is 1.92. The molecule has 5 heteroatoms. The first kappa shape index (κ1) is 21.1. The van der Waals surface area contributed by atoms with Gasteiger partial charge in [-0.25, -0.2) is 0 Å². The lowest BCUT2D eigenvalue weighted by Gasteiger charge is -2.34. The number of nitrogens with one attached hydrogen (secondary N) is 1. The maximum Gasteiger partial charge on any atom is 0.238 e. The summed E-state index contributed by atoms with van der Waals surface area (Å²) < 4.78 is 5.93. The second-order valence-electron chi connectivity index (χ2n) is 7.93. The number of carbonyl (C=O) groups excluding carboxylic acids is 1. The topological polar surface area (TPSA) is 61.8 Å². The van der Waals surface area contributed by atoms with E-state index in [1.165, 1.54) is 0 Å². The molecule has 1 atom stereocenters. The summed E-state index contributed by atoms with van der Waals surface area (Å²) in [6.07, 6.45) is 1.30. The van der Waals surface area contributed by atoms with Gasteiger partial charge < -0.3 is 15.2 Å². The molecule has 0 spiro atoms. The van der Waals surface area contributed by atoms with Gasteiger partial charge in [-0.15, -0.1) is 0 Å². The Morgan fingerprint density at radius 3 is 2.26 bits per heavy atom. The average Bonchev–Trinajstić information content (AvgIpc) is 2.82. The number of hydrogen-bond acceptors (Lipinski definition) is 4. The van der Waals surface area contributed by atoms with E-state index in [2.05, 4.69) is 10.2 Å². The molecule has 4 rings (SSSR count). The van der Waals surface area contributed by atoms with Crippen molar-refractivity contribution in [1.29, 1.82) is 0 Å². The van der Waals surface area contributed by atoms with Crippen LogP contribution in [0.1, 0.15) is 24.5 Å². The smallest absolute Gasteiger partial charge is 0.238 e. The van der Waals surface area contributed by atoms with E-state index in [0.29, 0.717) is 18.0 Å². The van der Waals surface area contributed by atoms with Crippen LogP contribution >= 0.6 is 0 Å². The summed E-state index contributed by atoms with van der Waals surface area (Å²) >= 11 is 0. The number of carbonyl (C=O) groups is 1. The highest BCUT2D eigenvalue weighted by molar-refractivity contribution is 5.93. The quantitative estimate of drug-likeness (QED) is 0.577. The number of benzene rings is 3. The zero-order valence-corrected chi connectivity index (χ0v) is 17.5. The molecule has 1 saturated heterocycles. The van der Waals surface area contributed by atoms with Gasteiger partial charge in [0.1, 0.15) is 5.75 Å². The molecule has 31 heavy (non-hydrogen) atoms. The first-order valence-electron chi connectivity index (χ1n) is 10.8. The molecule has 1 fully saturated rings. The third-order valence-corrected chi connectivity index (χ3v) is 5.72. The minimum Gasteiger partial charge on any atom is -0.455 e. The molecule has 0 radical (unpaired) electrons. The van der Waals surface area contributed by atoms with Gasteiger partial charge in [-0.2, -0.15) is 0 Å². The number of rotatable bonds is 7. The van der Waals surface area contributed by atoms with E-state index in [4.69, 9.17) is 4.74 Å². The average molecular weight is 417 g/mol. The van der Waals surface area contributed by atoms with E-state index in [1.807, 2.05) is 84.9 Å². The molecule has 0 aliphatic carbocycles. The van der Waals surface area contributed by atoms with Crippen molar-refractivity contribution in [3.8, 4) is 11.5 Å². The van der Waals surface area contributed by atoms with E-state index in [9.17, 15) is 9.90 Å². The van der Waals surface area contributed by atoms with E-state index in [1.54, 1.807) is 0 Å². The summed E-state index contributed by atoms with van der Waals surface area (Å²) in [5.41, 5.74) is 1.62. The second kappa shape index (κ2) is 10.2. The molecule has 1 aliphatic rings. The molecule has 1 amide bonds. The standard InChI is InChI=1S/C26H28N2O3/c29-25(27-23-13-7-8-14-24(23)31-22-11-5-2-6-12-22)19-28-17-15-21(16-18-28)26(30)20-9-3-1-4-10-20/h1-14,21,26,30H,15-19H2,(H,27,29)/t26-/m1/s1. The van der Waals surface area contributed by atoms with Gasteiger partial charge in [0, 0.05) is 0 Å². The minimum absolute atomic E-state index is 0.0637. The molecule has 0 saturated carbocycles. The number of nitrogens with zero attached hydrogens (tertiary/aromatic N) is 1. The molecule has 1 aliphatic heterocycles. The van der Waals surface area contributed by atoms with Crippen molar-refractivity contribution in [3.05, 3.63) is 90.5 Å². The number of aliphatic hydroxyl groups is 1. The Morgan fingerprint density at radius 1 is 0.935 bits per heavy atom. The lowest BCUT2D eigenvalue weighted by atomic mass is 9.87. The molecular weight excluding hydrogens is 388 g/mol. The number of ether oxygens (including phenoxy) is 1. The minimum atomic E-state index is -0.445. The van der Waals surface area contributed by atoms with E-state index in [0.717, 1.165) is 37.2 Å². The number of para-hydroxylation sites is 3. The Hall–Kier alpha value is -3.15. The number of hydrogen-bond donors (Lipinski definition) is 2. The van der Waals surface area contributed by atoms with E-state index >= 15 is 0 Å². The lowest BCUT2D eigenvalue weighted by molar-refractivity contribution is -0.117. The highest BCUT2D eigenvalue weighted by atomic mass is 16.5. The molecular formula is C26H28N2O3. The van der Waals surface area contributed by atoms with Crippen molar-refractivity contribution in [3.63, 3.8) is 0 Å². The molecule has 0 aromatic heterocycles. The predicted octanol–water partition coefficient (Wildman–Crippen LogP) is 4.86. The van der Waals surface area contributed by atoms with Crippen LogP contribution in [0.25, 0.3) is 0 Å². The van der Waals surface area contributed by atoms with Crippen LogP contribution in [0.4, 0.5) is 5.69 Å². The summed E-state index contributed by atoms with van der Waals surface area (Å²) in [7, 11) is 0. The molecule has 5 nitrogen and oxygen atoms in total. The maximum absolute atomic E-state index is 12.7. The monoisotopic (exact) mass is 416 g/mol. The van der Waals surface area contributed by atoms with Gasteiger partial charge in [-0.05, 0) is 61.7 Å². The van der Waals surface area contributed by atoms with Gasteiger partial charge in [0.2, 0.25) is 5.91 Å². The van der Waals surface area contributed by atoms with Crippen LogP contribution in [0, 0.1) is 5.92 Å². The highest BCUT2D eigenvalue weighted by Crippen LogP contribution is 2.31. The highest BCUT2D eigenvalue weighted by Gasteiger charge is 2.27. The van der Waals surface area contributed by atoms with Crippen molar-refractivity contribution in [2.45, 2.75) is 18.9 Å². The van der Waals surface area contributed by atoms with Crippen molar-refractivity contribution in [2.24, 2.45) is 5.92 Å². The normalized spacial score (nSPS) is 15.9. The van der Waals surface area contributed by atoms with Crippen LogP contribution in [-0.2, 0) is 4.79 Å². The number of aliphatic hydroxyl groups excluding tert-OH is 1. The molecule has 3 aromatic rings. The number of piperidine rings is 1. The van der Waals surface area contributed by atoms with Crippen LogP contribution in [0.2, 0.25) is 0 Å². The first-order chi connectivity index (χ1) is 15.2. The zero-order valence-electron chi connectivity index (χ0n) is 17.5. The van der Waals surface area contributed by atoms with Crippen molar-refractivity contribution < 1.29 is 14.6 Å². The summed E-state index contributed by atoms with van der Waals surface area (Å²) in [5.74, 6) is 1.50. The predicted molar refractivity (Wildman–Crippen MR) is 122 cm³/mol. The van der Waals surface area contributed by atoms with Gasteiger partial charge in [-0.3, -0.25) is 9.69 Å². The van der Waals surface area contributed by atoms with Gasteiger partial charge >= 0.3 is 0 Å². The summed E-state index contributed by atoms with van der Waals surface area (Å²) in [4.78, 5) is 14.8. The third-order valence-electron chi connectivity index (χ3n) is 5.72. The fourth-order valence-corrected chi connectivity index (χ4v) is 4.02. The maximum atomic E-state index is 12.7. The molecule has 2 N–H and O–H groups in total. The van der Waals surface area contributed by atoms with Crippen molar-refractivity contribution in [2.75, 3.05) is 25.0 Å². The largest absolute Gasteiger partial charge is 0.455 e. The Kier molecular flexibility index (Phi) is 6.97. The van der Waals surface area contributed by atoms with Crippen LogP contribution in [0.3, 0.4) is 0 Å². The third kappa shape index (κ3) is 5.72. The lowest BCUT2D eigenvalue weighted by Crippen LogP contribution is -2.40. The summed E-state index contributed by atoms with van der Waals surface area (Å²) in [5, 5.41) is 13.6. The fraction of sp³-hybridized carbons (Fsp3) is 0.269. The van der Waals surface area contributed by atoms with Gasteiger partial charge in [0.05, 0.1) is 18.3 Å². The Bertz CT molecular complexity index is 970. The van der Waals surface area contributed by atoms with Gasteiger partial charge in [-0.1, -0.05) is 60.7 Å². The number of likely N-dealkylation sites (tertiary alicyclic amines) is 1. The van der Waals surface area contributed by atoms with Crippen LogP contribution in [0.15, 0.2) is 84.9 Å². The Morgan fingerprint density at radius 2 is 1.55 bits per heavy atom. The number of amides is 1. The molecule has 3 aromatic carbocycles. The van der Waals surface area contributed by atoms with E-state index in [-0.39, 0.29) is 11.8 Å². The van der Waals surface area contributed by atoms with Crippen LogP contribution in [-0.4, -0.2) is 35.5 Å². The van der Waals surface area contributed by atoms with Crippen molar-refractivity contribution in [1.82, 2.24) is 4.90 Å². The van der Waals surface area contributed by atoms with Crippen molar-refractivity contribution >= 4 is 11.6 Å². The summed E-state index contributed by atoms with van der Waals surface area (Å²) in [6, 6.07) is 26.8. The van der Waals surface area contributed by atoms with Gasteiger partial charge in [0.25, 0.3) is 0 Å². The Labute approximate surface area is 183 Å². The SMILES string of the molecule is O=C(CN1CCC([C@H](O)c2ccccc2)CC1)Nc1ccccc1Oc1ccccc1. The van der Waals surface area contributed by atoms with Crippen LogP contribution in [0.5, 0.6) is 11.5 Å². The fourth-order valence-electron chi connectivity index (χ4n) is 4.02. The molecule has 1 heterocycles. The first-order valence-corrected chi connectivity index (χ1v) is 10.8. The molecule has 0 unspecified atom stereocenters. The second-order valence-corrected chi connectivity index (χ2v) is 7.93. The van der Waals surface area contributed by atoms with Crippen LogP contribution < -0.4 is 10.1 Å². The molecule has 160 valence electrons.